The average Bonchev–Trinajstić information content (AvgIpc) is 2.70. The highest BCUT2D eigenvalue weighted by molar-refractivity contribution is 5.89. The molecule has 1 aromatic rings. The third kappa shape index (κ3) is 3.70. The van der Waals surface area contributed by atoms with E-state index in [4.69, 9.17) is 0 Å². The molecule has 0 fully saturated rings. The molecule has 1 aliphatic rings. The number of carboxylic acids is 1. The summed E-state index contributed by atoms with van der Waals surface area (Å²) in [6.07, 6.45) is 7.69. The van der Waals surface area contributed by atoms with E-state index in [2.05, 4.69) is 32.6 Å². The van der Waals surface area contributed by atoms with Gasteiger partial charge in [0.1, 0.15) is 0 Å². The van der Waals surface area contributed by atoms with Crippen LogP contribution in [-0.4, -0.2) is 23.7 Å². The van der Waals surface area contributed by atoms with Crippen molar-refractivity contribution < 1.29 is 9.90 Å². The van der Waals surface area contributed by atoms with E-state index in [0.717, 1.165) is 12.2 Å². The molecule has 1 N–H and O–H groups in total. The van der Waals surface area contributed by atoms with Gasteiger partial charge in [-0.15, -0.1) is 0 Å². The monoisotopic (exact) mass is 317 g/mol. The highest BCUT2D eigenvalue weighted by Crippen LogP contribution is 2.45. The van der Waals surface area contributed by atoms with E-state index in [9.17, 15) is 9.90 Å². The first kappa shape index (κ1) is 17.8. The number of aromatic carboxylic acids is 1. The number of fused-ring (bicyclic) bond motifs is 1. The lowest BCUT2D eigenvalue weighted by Crippen LogP contribution is -2.39. The molecule has 0 saturated carbocycles. The summed E-state index contributed by atoms with van der Waals surface area (Å²) in [5, 5.41) is 9.28. The van der Waals surface area contributed by atoms with Gasteiger partial charge in [-0.1, -0.05) is 58.9 Å². The topological polar surface area (TPSA) is 40.5 Å². The largest absolute Gasteiger partial charge is 0.478 e. The van der Waals surface area contributed by atoms with Crippen molar-refractivity contribution in [1.29, 1.82) is 0 Å². The average molecular weight is 317 g/mol. The number of hydrogen-bond donors (Lipinski definition) is 1. The Morgan fingerprint density at radius 1 is 1.17 bits per heavy atom. The normalized spacial score (nSPS) is 19.0. The second kappa shape index (κ2) is 7.37. The quantitative estimate of drug-likeness (QED) is 0.667. The fourth-order valence-corrected chi connectivity index (χ4v) is 3.65. The van der Waals surface area contributed by atoms with Gasteiger partial charge in [-0.3, -0.25) is 0 Å². The van der Waals surface area contributed by atoms with Gasteiger partial charge in [0, 0.05) is 23.7 Å². The highest BCUT2D eigenvalue weighted by atomic mass is 16.4. The molecular weight excluding hydrogens is 286 g/mol. The summed E-state index contributed by atoms with van der Waals surface area (Å²) >= 11 is 0. The zero-order valence-electron chi connectivity index (χ0n) is 15.1. The first-order valence-corrected chi connectivity index (χ1v) is 9.04. The first-order valence-electron chi connectivity index (χ1n) is 9.04. The van der Waals surface area contributed by atoms with Gasteiger partial charge in [0.15, 0.2) is 0 Å². The minimum Gasteiger partial charge on any atom is -0.478 e. The van der Waals surface area contributed by atoms with Crippen molar-refractivity contribution >= 4 is 11.7 Å². The second-order valence-corrected chi connectivity index (χ2v) is 7.40. The van der Waals surface area contributed by atoms with Crippen molar-refractivity contribution in [3.05, 3.63) is 29.3 Å². The van der Waals surface area contributed by atoms with Crippen molar-refractivity contribution in [2.75, 3.05) is 11.4 Å². The third-order valence-electron chi connectivity index (χ3n) is 5.51. The van der Waals surface area contributed by atoms with Crippen molar-refractivity contribution in [1.82, 2.24) is 0 Å². The van der Waals surface area contributed by atoms with Gasteiger partial charge in [-0.2, -0.15) is 0 Å². The smallest absolute Gasteiger partial charge is 0.335 e. The fourth-order valence-electron chi connectivity index (χ4n) is 3.65. The van der Waals surface area contributed by atoms with Crippen molar-refractivity contribution in [2.24, 2.45) is 0 Å². The molecule has 1 aliphatic heterocycles. The Balaban J connectivity index is 2.09. The Bertz CT molecular complexity index is 551. The fraction of sp³-hybridized carbons (Fsp3) is 0.650. The van der Waals surface area contributed by atoms with Gasteiger partial charge in [0.25, 0.3) is 0 Å². The molecule has 1 aromatic carbocycles. The van der Waals surface area contributed by atoms with E-state index >= 15 is 0 Å². The van der Waals surface area contributed by atoms with Crippen molar-refractivity contribution in [3.63, 3.8) is 0 Å². The van der Waals surface area contributed by atoms with Gasteiger partial charge in [0.2, 0.25) is 0 Å². The summed E-state index contributed by atoms with van der Waals surface area (Å²) in [4.78, 5) is 13.7. The molecule has 128 valence electrons. The number of carboxylic acid groups (broad SMARTS) is 1. The number of rotatable bonds is 8. The minimum absolute atomic E-state index is 0.0641. The predicted molar refractivity (Wildman–Crippen MR) is 96.6 cm³/mol. The molecule has 3 nitrogen and oxygen atoms in total. The molecule has 1 heterocycles. The van der Waals surface area contributed by atoms with Crippen LogP contribution >= 0.6 is 0 Å². The summed E-state index contributed by atoms with van der Waals surface area (Å²) in [6, 6.07) is 6.01. The van der Waals surface area contributed by atoms with Crippen LogP contribution in [0.4, 0.5) is 5.69 Å². The number of unbranched alkanes of at least 4 members (excludes halogenated alkanes) is 5. The van der Waals surface area contributed by atoms with Crippen LogP contribution in [0.5, 0.6) is 0 Å². The number of hydrogen-bond acceptors (Lipinski definition) is 2. The predicted octanol–water partition coefficient (Wildman–Crippen LogP) is 5.23. The van der Waals surface area contributed by atoms with Crippen LogP contribution in [-0.2, 0) is 5.41 Å². The first-order chi connectivity index (χ1) is 10.9. The lowest BCUT2D eigenvalue weighted by atomic mass is 9.81. The molecule has 0 saturated heterocycles. The van der Waals surface area contributed by atoms with Gasteiger partial charge < -0.3 is 10.0 Å². The van der Waals surface area contributed by atoms with Crippen LogP contribution in [0.1, 0.15) is 82.1 Å². The van der Waals surface area contributed by atoms with E-state index in [0.29, 0.717) is 11.6 Å². The minimum atomic E-state index is -0.843. The molecule has 1 unspecified atom stereocenters. The van der Waals surface area contributed by atoms with Crippen LogP contribution < -0.4 is 4.90 Å². The highest BCUT2D eigenvalue weighted by Gasteiger charge is 2.41. The van der Waals surface area contributed by atoms with Crippen LogP contribution in [0.2, 0.25) is 0 Å². The van der Waals surface area contributed by atoms with E-state index < -0.39 is 5.97 Å². The Labute approximate surface area is 140 Å². The molecule has 1 atom stereocenters. The molecule has 0 amide bonds. The summed E-state index contributed by atoms with van der Waals surface area (Å²) < 4.78 is 0. The van der Waals surface area contributed by atoms with Crippen LogP contribution in [0.3, 0.4) is 0 Å². The zero-order valence-corrected chi connectivity index (χ0v) is 15.1. The molecule has 0 aromatic heterocycles. The lowest BCUT2D eigenvalue weighted by Gasteiger charge is -2.31. The molecule has 0 radical (unpaired) electrons. The van der Waals surface area contributed by atoms with Crippen LogP contribution in [0, 0.1) is 0 Å². The number of nitrogens with zero attached hydrogens (tertiary/aromatic N) is 1. The van der Waals surface area contributed by atoms with Crippen LogP contribution in [0.25, 0.3) is 0 Å². The van der Waals surface area contributed by atoms with Crippen molar-refractivity contribution in [2.45, 2.75) is 77.7 Å². The summed E-state index contributed by atoms with van der Waals surface area (Å²) in [5.41, 5.74) is 2.85. The molecule has 0 spiro atoms. The summed E-state index contributed by atoms with van der Waals surface area (Å²) in [5.74, 6) is -0.843. The second-order valence-electron chi connectivity index (χ2n) is 7.40. The third-order valence-corrected chi connectivity index (χ3v) is 5.51. The Hall–Kier alpha value is -1.51. The molecule has 3 heteroatoms. The SMILES string of the molecule is CCCCCCCCN1c2cc(C(=O)O)ccc2C(C)(C)C1C. The zero-order chi connectivity index (χ0) is 17.0. The van der Waals surface area contributed by atoms with Gasteiger partial charge in [-0.05, 0) is 31.0 Å². The Morgan fingerprint density at radius 3 is 2.48 bits per heavy atom. The van der Waals surface area contributed by atoms with Gasteiger partial charge in [-0.25, -0.2) is 4.79 Å². The number of anilines is 1. The standard InChI is InChI=1S/C20H31NO2/c1-5-6-7-8-9-10-13-21-15(2)20(3,4)17-12-11-16(19(22)23)14-18(17)21/h11-12,14-15H,5-10,13H2,1-4H3,(H,22,23). The van der Waals surface area contributed by atoms with Gasteiger partial charge in [0.05, 0.1) is 5.56 Å². The van der Waals surface area contributed by atoms with Gasteiger partial charge >= 0.3 is 5.97 Å². The maximum absolute atomic E-state index is 11.3. The Kier molecular flexibility index (Phi) is 5.72. The van der Waals surface area contributed by atoms with E-state index in [1.54, 1.807) is 6.07 Å². The maximum atomic E-state index is 11.3. The maximum Gasteiger partial charge on any atom is 0.335 e. The van der Waals surface area contributed by atoms with E-state index in [-0.39, 0.29) is 5.41 Å². The molecule has 23 heavy (non-hydrogen) atoms. The molecule has 0 bridgehead atoms. The van der Waals surface area contributed by atoms with Crippen molar-refractivity contribution in [3.8, 4) is 0 Å². The van der Waals surface area contributed by atoms with Crippen LogP contribution in [0.15, 0.2) is 18.2 Å². The molecule has 0 aliphatic carbocycles. The van der Waals surface area contributed by atoms with E-state index in [1.165, 1.54) is 44.1 Å². The molecular formula is C20H31NO2. The summed E-state index contributed by atoms with van der Waals surface area (Å²) in [6.45, 7) is 10.0. The molecule has 2 rings (SSSR count). The lowest BCUT2D eigenvalue weighted by molar-refractivity contribution is 0.0697. The van der Waals surface area contributed by atoms with E-state index in [1.807, 2.05) is 12.1 Å². The number of carbonyl (C=O) groups is 1. The number of benzene rings is 1. The summed E-state index contributed by atoms with van der Waals surface area (Å²) in [7, 11) is 0. The Morgan fingerprint density at radius 2 is 1.83 bits per heavy atom.